The number of carboxylic acids is 1. The standard InChI is InChI=1S/C28H30N4O5S/c1-27(2)23-14-17(30(3)4)8-11-20(23)28(21-12-9-18(31(5)6)15-24(21)27)22-13-16(26(34)35)7-10-19(22)25(33)32(28)38(29,36)37/h7-15H,1-6H3,(H,34,35)(H2,29,36,37). The van der Waals surface area contributed by atoms with Gasteiger partial charge in [0.05, 0.1) is 5.56 Å². The topological polar surface area (TPSA) is 124 Å². The highest BCUT2D eigenvalue weighted by Gasteiger charge is 2.61. The second-order valence-electron chi connectivity index (χ2n) is 10.8. The van der Waals surface area contributed by atoms with Crippen LogP contribution >= 0.6 is 0 Å². The van der Waals surface area contributed by atoms with Gasteiger partial charge < -0.3 is 14.9 Å². The maximum Gasteiger partial charge on any atom is 0.335 e. The van der Waals surface area contributed by atoms with Crippen molar-refractivity contribution in [1.82, 2.24) is 4.31 Å². The highest BCUT2D eigenvalue weighted by molar-refractivity contribution is 7.87. The highest BCUT2D eigenvalue weighted by atomic mass is 32.2. The smallest absolute Gasteiger partial charge is 0.335 e. The van der Waals surface area contributed by atoms with Crippen molar-refractivity contribution in [1.29, 1.82) is 0 Å². The van der Waals surface area contributed by atoms with Crippen LogP contribution in [0.4, 0.5) is 11.4 Å². The summed E-state index contributed by atoms with van der Waals surface area (Å²) in [6, 6.07) is 15.4. The van der Waals surface area contributed by atoms with Gasteiger partial charge in [0, 0.05) is 56.1 Å². The lowest BCUT2D eigenvalue weighted by Crippen LogP contribution is -2.55. The van der Waals surface area contributed by atoms with Gasteiger partial charge in [-0.3, -0.25) is 4.79 Å². The zero-order valence-electron chi connectivity index (χ0n) is 22.1. The predicted octanol–water partition coefficient (Wildman–Crippen LogP) is 3.11. The van der Waals surface area contributed by atoms with E-state index in [2.05, 4.69) is 13.8 Å². The van der Waals surface area contributed by atoms with E-state index in [0.717, 1.165) is 26.8 Å². The Balaban J connectivity index is 2.04. The monoisotopic (exact) mass is 534 g/mol. The Morgan fingerprint density at radius 2 is 1.32 bits per heavy atom. The molecule has 10 heteroatoms. The third-order valence-electron chi connectivity index (χ3n) is 7.80. The van der Waals surface area contributed by atoms with Crippen molar-refractivity contribution in [2.75, 3.05) is 38.0 Å². The number of anilines is 2. The van der Waals surface area contributed by atoms with Crippen LogP contribution in [-0.4, -0.2) is 57.9 Å². The number of benzene rings is 3. The van der Waals surface area contributed by atoms with E-state index in [9.17, 15) is 23.1 Å². The molecule has 2 aliphatic rings. The van der Waals surface area contributed by atoms with Gasteiger partial charge in [-0.25, -0.2) is 14.2 Å². The minimum atomic E-state index is -4.62. The van der Waals surface area contributed by atoms with E-state index in [0.29, 0.717) is 11.1 Å². The average molecular weight is 535 g/mol. The van der Waals surface area contributed by atoms with E-state index in [4.69, 9.17) is 5.14 Å². The summed E-state index contributed by atoms with van der Waals surface area (Å²) < 4.78 is 27.3. The van der Waals surface area contributed by atoms with Crippen LogP contribution in [0.2, 0.25) is 0 Å². The molecule has 0 atom stereocenters. The first-order chi connectivity index (χ1) is 17.6. The molecule has 1 aliphatic heterocycles. The molecule has 9 nitrogen and oxygen atoms in total. The molecule has 0 fully saturated rings. The van der Waals surface area contributed by atoms with Crippen LogP contribution < -0.4 is 14.9 Å². The zero-order chi connectivity index (χ0) is 27.9. The first-order valence-electron chi connectivity index (χ1n) is 12.0. The van der Waals surface area contributed by atoms with Crippen molar-refractivity contribution in [2.24, 2.45) is 5.14 Å². The second kappa shape index (κ2) is 8.05. The fourth-order valence-corrected chi connectivity index (χ4v) is 6.93. The molecule has 0 saturated carbocycles. The summed E-state index contributed by atoms with van der Waals surface area (Å²) in [6.07, 6.45) is 0. The molecule has 1 amide bonds. The fraction of sp³-hybridized carbons (Fsp3) is 0.286. The fourth-order valence-electron chi connectivity index (χ4n) is 5.93. The Bertz CT molecular complexity index is 1580. The van der Waals surface area contributed by atoms with Gasteiger partial charge in [-0.05, 0) is 64.7 Å². The molecular weight excluding hydrogens is 504 g/mol. The van der Waals surface area contributed by atoms with Crippen LogP contribution in [0.3, 0.4) is 0 Å². The van der Waals surface area contributed by atoms with Crippen LogP contribution in [0.5, 0.6) is 0 Å². The average Bonchev–Trinajstić information content (AvgIpc) is 3.11. The minimum Gasteiger partial charge on any atom is -0.478 e. The summed E-state index contributed by atoms with van der Waals surface area (Å²) in [5.74, 6) is -1.99. The van der Waals surface area contributed by atoms with Gasteiger partial charge in [0.2, 0.25) is 0 Å². The van der Waals surface area contributed by atoms with E-state index < -0.39 is 33.0 Å². The van der Waals surface area contributed by atoms with Crippen LogP contribution in [0, 0.1) is 0 Å². The third kappa shape index (κ3) is 3.30. The Morgan fingerprint density at radius 1 is 0.816 bits per heavy atom. The number of nitrogens with two attached hydrogens (primary N) is 1. The number of fused-ring (bicyclic) bond motifs is 6. The van der Waals surface area contributed by atoms with Crippen LogP contribution in [0.1, 0.15) is 62.4 Å². The summed E-state index contributed by atoms with van der Waals surface area (Å²) in [5.41, 5.74) is 2.52. The Morgan fingerprint density at radius 3 is 1.74 bits per heavy atom. The SMILES string of the molecule is CN(C)c1ccc2c(c1)C(C)(C)c1cc(N(C)C)ccc1C21c2cc(C(=O)O)ccc2C(=O)N1S(N)(=O)=O. The van der Waals surface area contributed by atoms with E-state index >= 15 is 0 Å². The van der Waals surface area contributed by atoms with Crippen molar-refractivity contribution in [2.45, 2.75) is 24.8 Å². The molecule has 0 bridgehead atoms. The van der Waals surface area contributed by atoms with Crippen molar-refractivity contribution >= 4 is 33.5 Å². The van der Waals surface area contributed by atoms with Gasteiger partial charge in [-0.2, -0.15) is 8.42 Å². The second-order valence-corrected chi connectivity index (χ2v) is 12.2. The first-order valence-corrected chi connectivity index (χ1v) is 13.5. The molecule has 1 heterocycles. The molecule has 3 N–H and O–H groups in total. The summed E-state index contributed by atoms with van der Waals surface area (Å²) in [7, 11) is 3.03. The molecular formula is C28H30N4O5S. The number of carbonyl (C=O) groups excluding carboxylic acids is 1. The molecule has 0 radical (unpaired) electrons. The maximum absolute atomic E-state index is 13.8. The molecule has 1 spiro atoms. The van der Waals surface area contributed by atoms with Gasteiger partial charge in [0.25, 0.3) is 5.91 Å². The summed E-state index contributed by atoms with van der Waals surface area (Å²) in [6.45, 7) is 4.12. The van der Waals surface area contributed by atoms with Crippen LogP contribution in [0.15, 0.2) is 54.6 Å². The van der Waals surface area contributed by atoms with E-state index in [1.165, 1.54) is 18.2 Å². The van der Waals surface area contributed by atoms with Gasteiger partial charge >= 0.3 is 16.2 Å². The molecule has 1 aliphatic carbocycles. The lowest BCUT2D eigenvalue weighted by Gasteiger charge is -2.49. The minimum absolute atomic E-state index is 0.0602. The van der Waals surface area contributed by atoms with E-state index in [1.807, 2.05) is 74.4 Å². The normalized spacial score (nSPS) is 16.6. The molecule has 0 aromatic heterocycles. The number of nitrogens with zero attached hydrogens (tertiary/aromatic N) is 3. The number of carbonyl (C=O) groups is 2. The largest absolute Gasteiger partial charge is 0.478 e. The first kappa shape index (κ1) is 25.7. The van der Waals surface area contributed by atoms with Crippen LogP contribution in [0.25, 0.3) is 0 Å². The predicted molar refractivity (Wildman–Crippen MR) is 146 cm³/mol. The molecule has 0 saturated heterocycles. The summed E-state index contributed by atoms with van der Waals surface area (Å²) in [5, 5.41) is 15.6. The van der Waals surface area contributed by atoms with Gasteiger partial charge in [0.1, 0.15) is 5.54 Å². The maximum atomic E-state index is 13.8. The molecule has 0 unspecified atom stereocenters. The van der Waals surface area contributed by atoms with Gasteiger partial charge in [0.15, 0.2) is 0 Å². The van der Waals surface area contributed by atoms with Crippen molar-refractivity contribution in [3.8, 4) is 0 Å². The Labute approximate surface area is 222 Å². The number of amides is 1. The molecule has 198 valence electrons. The molecule has 3 aromatic carbocycles. The lowest BCUT2D eigenvalue weighted by atomic mass is 9.60. The third-order valence-corrected chi connectivity index (χ3v) is 8.74. The lowest BCUT2D eigenvalue weighted by molar-refractivity contribution is 0.0696. The number of aromatic carboxylic acids is 1. The Hall–Kier alpha value is -3.89. The zero-order valence-corrected chi connectivity index (χ0v) is 22.9. The number of hydrogen-bond donors (Lipinski definition) is 2. The van der Waals surface area contributed by atoms with Crippen LogP contribution in [-0.2, 0) is 21.2 Å². The Kier molecular flexibility index (Phi) is 5.46. The van der Waals surface area contributed by atoms with Crippen molar-refractivity contribution in [3.63, 3.8) is 0 Å². The number of carboxylic acid groups (broad SMARTS) is 1. The summed E-state index contributed by atoms with van der Waals surface area (Å²) >= 11 is 0. The van der Waals surface area contributed by atoms with Gasteiger partial charge in [-0.15, -0.1) is 0 Å². The molecule has 3 aromatic rings. The van der Waals surface area contributed by atoms with E-state index in [-0.39, 0.29) is 16.7 Å². The van der Waals surface area contributed by atoms with Crippen molar-refractivity contribution in [3.05, 3.63) is 93.5 Å². The highest BCUT2D eigenvalue weighted by Crippen LogP contribution is 2.59. The van der Waals surface area contributed by atoms with Gasteiger partial charge in [-0.1, -0.05) is 26.0 Å². The molecule has 5 rings (SSSR count). The van der Waals surface area contributed by atoms with E-state index in [1.54, 1.807) is 0 Å². The summed E-state index contributed by atoms with van der Waals surface area (Å²) in [4.78, 5) is 29.7. The quantitative estimate of drug-likeness (QED) is 0.527. The number of rotatable bonds is 4. The van der Waals surface area contributed by atoms with Crippen molar-refractivity contribution < 1.29 is 23.1 Å². The number of hydrogen-bond acceptors (Lipinski definition) is 6. The molecule has 38 heavy (non-hydrogen) atoms.